The summed E-state index contributed by atoms with van der Waals surface area (Å²) >= 11 is 0. The molecule has 1 atom stereocenters. The molecule has 0 aromatic carbocycles. The molecule has 0 unspecified atom stereocenters. The number of likely N-dealkylation sites (N-methyl/N-ethyl adjacent to an activating group) is 1. The second-order valence-corrected chi connectivity index (χ2v) is 3.96. The maximum absolute atomic E-state index is 11.7. The van der Waals surface area contributed by atoms with E-state index in [4.69, 9.17) is 4.42 Å². The molecule has 0 aliphatic carbocycles. The molecule has 90 valence electrons. The van der Waals surface area contributed by atoms with Gasteiger partial charge in [0.15, 0.2) is 5.76 Å². The van der Waals surface area contributed by atoms with Gasteiger partial charge in [0.05, 0.1) is 12.8 Å². The molecule has 0 saturated carbocycles. The summed E-state index contributed by atoms with van der Waals surface area (Å²) in [5.74, 6) is 0.502. The maximum Gasteiger partial charge on any atom is 0.211 e. The zero-order valence-electron chi connectivity index (χ0n) is 9.31. The standard InChI is InChI=1S/C11H16N2O2.ClH/c1-13(9-4-5-12-7-9)8-10(14)11-3-2-6-15-11;/h2-3,6,9,12H,4-5,7-8H2,1H3;1H/t9-;/m1./s1. The van der Waals surface area contributed by atoms with Crippen LogP contribution in [0.15, 0.2) is 22.8 Å². The number of Topliss-reactive ketones (excluding diaryl/α,β-unsaturated/α-hetero) is 1. The van der Waals surface area contributed by atoms with E-state index in [1.165, 1.54) is 6.26 Å². The summed E-state index contributed by atoms with van der Waals surface area (Å²) in [7, 11) is 1.98. The molecule has 0 spiro atoms. The van der Waals surface area contributed by atoms with Crippen LogP contribution in [0.25, 0.3) is 0 Å². The first-order valence-corrected chi connectivity index (χ1v) is 5.25. The molecule has 0 radical (unpaired) electrons. The molecule has 16 heavy (non-hydrogen) atoms. The molecular weight excluding hydrogens is 228 g/mol. The van der Waals surface area contributed by atoms with Crippen molar-refractivity contribution in [3.05, 3.63) is 24.2 Å². The molecule has 2 heterocycles. The molecule has 1 aromatic rings. The minimum Gasteiger partial charge on any atom is -0.461 e. The molecule has 1 saturated heterocycles. The summed E-state index contributed by atoms with van der Waals surface area (Å²) in [5.41, 5.74) is 0. The highest BCUT2D eigenvalue weighted by Crippen LogP contribution is 2.08. The van der Waals surface area contributed by atoms with Crippen molar-refractivity contribution < 1.29 is 9.21 Å². The Bertz CT molecular complexity index is 321. The van der Waals surface area contributed by atoms with Crippen LogP contribution < -0.4 is 5.32 Å². The van der Waals surface area contributed by atoms with Crippen LogP contribution in [0.1, 0.15) is 17.0 Å². The number of halogens is 1. The fourth-order valence-electron chi connectivity index (χ4n) is 1.89. The quantitative estimate of drug-likeness (QED) is 0.808. The molecule has 0 bridgehead atoms. The van der Waals surface area contributed by atoms with Crippen LogP contribution >= 0.6 is 12.4 Å². The lowest BCUT2D eigenvalue weighted by molar-refractivity contribution is 0.0897. The second-order valence-electron chi connectivity index (χ2n) is 3.96. The Labute approximate surface area is 101 Å². The lowest BCUT2D eigenvalue weighted by Gasteiger charge is -2.21. The minimum atomic E-state index is 0. The first kappa shape index (κ1) is 13.2. The Morgan fingerprint density at radius 3 is 3.06 bits per heavy atom. The third-order valence-corrected chi connectivity index (χ3v) is 2.85. The molecule has 4 nitrogen and oxygen atoms in total. The van der Waals surface area contributed by atoms with E-state index in [1.807, 2.05) is 7.05 Å². The van der Waals surface area contributed by atoms with Crippen molar-refractivity contribution in [2.24, 2.45) is 0 Å². The predicted molar refractivity (Wildman–Crippen MR) is 64.2 cm³/mol. The normalized spacial score (nSPS) is 19.8. The van der Waals surface area contributed by atoms with E-state index in [9.17, 15) is 4.79 Å². The number of hydrogen-bond donors (Lipinski definition) is 1. The fourth-order valence-corrected chi connectivity index (χ4v) is 1.89. The third kappa shape index (κ3) is 3.07. The average molecular weight is 245 g/mol. The number of carbonyl (C=O) groups excluding carboxylic acids is 1. The summed E-state index contributed by atoms with van der Waals surface area (Å²) in [4.78, 5) is 13.8. The largest absolute Gasteiger partial charge is 0.461 e. The lowest BCUT2D eigenvalue weighted by Crippen LogP contribution is -2.37. The van der Waals surface area contributed by atoms with Crippen molar-refractivity contribution in [3.63, 3.8) is 0 Å². The van der Waals surface area contributed by atoms with Gasteiger partial charge in [-0.25, -0.2) is 0 Å². The number of nitrogens with zero attached hydrogens (tertiary/aromatic N) is 1. The van der Waals surface area contributed by atoms with E-state index in [-0.39, 0.29) is 18.2 Å². The van der Waals surface area contributed by atoms with Crippen LogP contribution in [-0.4, -0.2) is 43.4 Å². The van der Waals surface area contributed by atoms with E-state index in [0.29, 0.717) is 18.3 Å². The van der Waals surface area contributed by atoms with Gasteiger partial charge in [-0.3, -0.25) is 9.69 Å². The monoisotopic (exact) mass is 244 g/mol. The first-order valence-electron chi connectivity index (χ1n) is 5.25. The van der Waals surface area contributed by atoms with Crippen LogP contribution in [0, 0.1) is 0 Å². The van der Waals surface area contributed by atoms with E-state index in [0.717, 1.165) is 19.5 Å². The van der Waals surface area contributed by atoms with E-state index < -0.39 is 0 Å². The van der Waals surface area contributed by atoms with Crippen LogP contribution in [0.5, 0.6) is 0 Å². The van der Waals surface area contributed by atoms with Gasteiger partial charge in [-0.2, -0.15) is 0 Å². The highest BCUT2D eigenvalue weighted by Gasteiger charge is 2.21. The van der Waals surface area contributed by atoms with E-state index in [1.54, 1.807) is 12.1 Å². The summed E-state index contributed by atoms with van der Waals surface area (Å²) < 4.78 is 5.07. The van der Waals surface area contributed by atoms with Crippen molar-refractivity contribution in [2.45, 2.75) is 12.5 Å². The molecule has 1 N–H and O–H groups in total. The molecule has 1 aromatic heterocycles. The van der Waals surface area contributed by atoms with Crippen molar-refractivity contribution in [1.82, 2.24) is 10.2 Å². The van der Waals surface area contributed by atoms with Crippen LogP contribution in [0.4, 0.5) is 0 Å². The summed E-state index contributed by atoms with van der Waals surface area (Å²) in [6, 6.07) is 3.93. The zero-order chi connectivity index (χ0) is 10.7. The molecule has 0 amide bonds. The molecule has 1 fully saturated rings. The number of ketones is 1. The smallest absolute Gasteiger partial charge is 0.211 e. The van der Waals surface area contributed by atoms with Crippen molar-refractivity contribution in [2.75, 3.05) is 26.7 Å². The van der Waals surface area contributed by atoms with Gasteiger partial charge in [-0.15, -0.1) is 12.4 Å². The van der Waals surface area contributed by atoms with E-state index in [2.05, 4.69) is 10.2 Å². The van der Waals surface area contributed by atoms with Gasteiger partial charge in [-0.1, -0.05) is 0 Å². The number of nitrogens with one attached hydrogen (secondary N) is 1. The topological polar surface area (TPSA) is 45.5 Å². The molecule has 1 aliphatic rings. The van der Waals surface area contributed by atoms with Gasteiger partial charge >= 0.3 is 0 Å². The Morgan fingerprint density at radius 2 is 2.50 bits per heavy atom. The SMILES string of the molecule is CN(CC(=O)c1ccco1)[C@@H]1CCNC1.Cl. The van der Waals surface area contributed by atoms with Crippen molar-refractivity contribution in [1.29, 1.82) is 0 Å². The average Bonchev–Trinajstić information content (AvgIpc) is 2.91. The van der Waals surface area contributed by atoms with Gasteiger partial charge < -0.3 is 9.73 Å². The fraction of sp³-hybridized carbons (Fsp3) is 0.545. The number of furan rings is 1. The highest BCUT2D eigenvalue weighted by molar-refractivity contribution is 5.94. The van der Waals surface area contributed by atoms with Crippen LogP contribution in [0.2, 0.25) is 0 Å². The van der Waals surface area contributed by atoms with Crippen LogP contribution in [0.3, 0.4) is 0 Å². The Hall–Kier alpha value is -0.840. The lowest BCUT2D eigenvalue weighted by atomic mass is 10.2. The van der Waals surface area contributed by atoms with E-state index >= 15 is 0 Å². The molecule has 1 aliphatic heterocycles. The maximum atomic E-state index is 11.7. The molecule has 2 rings (SSSR count). The van der Waals surface area contributed by atoms with Gasteiger partial charge in [0.2, 0.25) is 5.78 Å². The minimum absolute atomic E-state index is 0. The third-order valence-electron chi connectivity index (χ3n) is 2.85. The Balaban J connectivity index is 0.00000128. The zero-order valence-corrected chi connectivity index (χ0v) is 10.1. The van der Waals surface area contributed by atoms with Gasteiger partial charge in [0, 0.05) is 12.6 Å². The number of hydrogen-bond acceptors (Lipinski definition) is 4. The van der Waals surface area contributed by atoms with Crippen molar-refractivity contribution >= 4 is 18.2 Å². The molecule has 5 heteroatoms. The predicted octanol–water partition coefficient (Wildman–Crippen LogP) is 1.18. The van der Waals surface area contributed by atoms with Gasteiger partial charge in [-0.05, 0) is 32.1 Å². The first-order chi connectivity index (χ1) is 7.27. The summed E-state index contributed by atoms with van der Waals surface area (Å²) in [6.45, 7) is 2.45. The second kappa shape index (κ2) is 6.03. The Kier molecular flexibility index (Phi) is 4.99. The number of carbonyl (C=O) groups is 1. The summed E-state index contributed by atoms with van der Waals surface area (Å²) in [5, 5.41) is 3.28. The number of rotatable bonds is 4. The molecular formula is C11H17ClN2O2. The summed E-state index contributed by atoms with van der Waals surface area (Å²) in [6.07, 6.45) is 2.65. The highest BCUT2D eigenvalue weighted by atomic mass is 35.5. The van der Waals surface area contributed by atoms with Crippen molar-refractivity contribution in [3.8, 4) is 0 Å². The van der Waals surface area contributed by atoms with Crippen LogP contribution in [-0.2, 0) is 0 Å². The van der Waals surface area contributed by atoms with Gasteiger partial charge in [0.1, 0.15) is 0 Å². The van der Waals surface area contributed by atoms with Gasteiger partial charge in [0.25, 0.3) is 0 Å². The Morgan fingerprint density at radius 1 is 1.69 bits per heavy atom.